The van der Waals surface area contributed by atoms with Crippen molar-refractivity contribution in [3.8, 4) is 5.75 Å². The molecule has 0 fully saturated rings. The number of nitrogens with one attached hydrogen (secondary N) is 1. The maximum absolute atomic E-state index is 13.7. The number of aryl methyl sites for hydroxylation is 1. The van der Waals surface area contributed by atoms with Crippen LogP contribution in [0.1, 0.15) is 22.3 Å². The van der Waals surface area contributed by atoms with Crippen LogP contribution in [0, 0.1) is 19.7 Å². The largest absolute Gasteiger partial charge is 0.486 e. The van der Waals surface area contributed by atoms with Gasteiger partial charge in [0.25, 0.3) is 0 Å². The topological polar surface area (TPSA) is 21.3 Å². The first-order valence-electron chi connectivity index (χ1n) is 8.60. The van der Waals surface area contributed by atoms with Crippen molar-refractivity contribution in [3.05, 3.63) is 92.7 Å². The molecule has 27 heavy (non-hydrogen) atoms. The number of rotatable bonds is 6. The lowest BCUT2D eigenvalue weighted by Gasteiger charge is -2.14. The molecule has 0 aliphatic carbocycles. The molecule has 0 aliphatic rings. The van der Waals surface area contributed by atoms with Gasteiger partial charge in [-0.1, -0.05) is 53.5 Å². The van der Waals surface area contributed by atoms with E-state index in [4.69, 9.17) is 27.9 Å². The van der Waals surface area contributed by atoms with Gasteiger partial charge in [-0.15, -0.1) is 0 Å². The van der Waals surface area contributed by atoms with E-state index in [0.717, 1.165) is 11.3 Å². The third-order valence-corrected chi connectivity index (χ3v) is 5.04. The second-order valence-corrected chi connectivity index (χ2v) is 7.18. The van der Waals surface area contributed by atoms with Gasteiger partial charge in [-0.25, -0.2) is 4.39 Å². The maximum Gasteiger partial charge on any atom is 0.156 e. The molecule has 0 saturated carbocycles. The van der Waals surface area contributed by atoms with Gasteiger partial charge in [0, 0.05) is 17.8 Å². The summed E-state index contributed by atoms with van der Waals surface area (Å²) in [5, 5.41) is 4.20. The minimum atomic E-state index is -0.320. The zero-order valence-electron chi connectivity index (χ0n) is 15.2. The number of hydrogen-bond donors (Lipinski definition) is 1. The number of anilines is 1. The van der Waals surface area contributed by atoms with E-state index in [2.05, 4.69) is 25.2 Å². The van der Waals surface area contributed by atoms with E-state index in [9.17, 15) is 4.39 Å². The molecule has 0 unspecified atom stereocenters. The molecule has 0 heterocycles. The van der Waals surface area contributed by atoms with Gasteiger partial charge in [0.05, 0.1) is 10.0 Å². The van der Waals surface area contributed by atoms with Crippen molar-refractivity contribution in [2.24, 2.45) is 0 Å². The maximum atomic E-state index is 13.7. The Kier molecular flexibility index (Phi) is 6.25. The number of hydrogen-bond acceptors (Lipinski definition) is 2. The molecule has 3 aromatic rings. The Morgan fingerprint density at radius 1 is 0.963 bits per heavy atom. The van der Waals surface area contributed by atoms with Gasteiger partial charge in [-0.05, 0) is 54.8 Å². The average molecular weight is 404 g/mol. The predicted molar refractivity (Wildman–Crippen MR) is 110 cm³/mol. The standard InChI is InChI=1S/C22H20Cl2FNO/c1-14-6-5-9-21(15(14)2)26-12-16-10-18(23)22(19(24)11-16)27-13-17-7-3-4-8-20(17)25/h3-11,26H,12-13H2,1-2H3. The highest BCUT2D eigenvalue weighted by molar-refractivity contribution is 6.37. The second-order valence-electron chi connectivity index (χ2n) is 6.37. The monoisotopic (exact) mass is 403 g/mol. The molecular weight excluding hydrogens is 384 g/mol. The fourth-order valence-electron chi connectivity index (χ4n) is 2.76. The molecule has 0 aromatic heterocycles. The van der Waals surface area contributed by atoms with Crippen LogP contribution in [-0.2, 0) is 13.2 Å². The first-order chi connectivity index (χ1) is 13.0. The van der Waals surface area contributed by atoms with Gasteiger partial charge in [0.1, 0.15) is 12.4 Å². The molecular formula is C22H20Cl2FNO. The molecule has 0 amide bonds. The van der Waals surface area contributed by atoms with Crippen molar-refractivity contribution in [2.75, 3.05) is 5.32 Å². The fraction of sp³-hybridized carbons (Fsp3) is 0.182. The molecule has 5 heteroatoms. The first-order valence-corrected chi connectivity index (χ1v) is 9.35. The average Bonchev–Trinajstić information content (AvgIpc) is 2.63. The van der Waals surface area contributed by atoms with E-state index >= 15 is 0 Å². The summed E-state index contributed by atoms with van der Waals surface area (Å²) >= 11 is 12.7. The molecule has 0 saturated heterocycles. The molecule has 0 bridgehead atoms. The summed E-state index contributed by atoms with van der Waals surface area (Å²) < 4.78 is 19.4. The van der Waals surface area contributed by atoms with E-state index < -0.39 is 0 Å². The Morgan fingerprint density at radius 2 is 1.67 bits per heavy atom. The summed E-state index contributed by atoms with van der Waals surface area (Å²) in [5.41, 5.74) is 4.89. The van der Waals surface area contributed by atoms with Gasteiger partial charge >= 0.3 is 0 Å². The summed E-state index contributed by atoms with van der Waals surface area (Å²) in [6, 6.07) is 16.2. The molecule has 3 rings (SSSR count). The zero-order chi connectivity index (χ0) is 19.4. The van der Waals surface area contributed by atoms with Gasteiger partial charge in [-0.2, -0.15) is 0 Å². The number of halogens is 3. The Morgan fingerprint density at radius 3 is 2.37 bits per heavy atom. The van der Waals surface area contributed by atoms with Gasteiger partial charge in [-0.3, -0.25) is 0 Å². The Bertz CT molecular complexity index is 936. The highest BCUT2D eigenvalue weighted by Gasteiger charge is 2.12. The summed E-state index contributed by atoms with van der Waals surface area (Å²) in [6.45, 7) is 4.80. The molecule has 1 N–H and O–H groups in total. The normalized spacial score (nSPS) is 10.7. The Hall–Kier alpha value is -2.23. The quantitative estimate of drug-likeness (QED) is 0.481. The SMILES string of the molecule is Cc1cccc(NCc2cc(Cl)c(OCc3ccccc3F)c(Cl)c2)c1C. The number of ether oxygens (including phenoxy) is 1. The summed E-state index contributed by atoms with van der Waals surface area (Å²) in [6.07, 6.45) is 0. The molecule has 3 aromatic carbocycles. The van der Waals surface area contributed by atoms with Crippen LogP contribution in [0.2, 0.25) is 10.0 Å². The minimum absolute atomic E-state index is 0.0617. The van der Waals surface area contributed by atoms with Gasteiger partial charge in [0.15, 0.2) is 5.75 Å². The lowest BCUT2D eigenvalue weighted by molar-refractivity contribution is 0.300. The highest BCUT2D eigenvalue weighted by atomic mass is 35.5. The van der Waals surface area contributed by atoms with Crippen LogP contribution in [0.4, 0.5) is 10.1 Å². The summed E-state index contributed by atoms with van der Waals surface area (Å²) in [7, 11) is 0. The number of benzene rings is 3. The van der Waals surface area contributed by atoms with Crippen molar-refractivity contribution in [1.82, 2.24) is 0 Å². The van der Waals surface area contributed by atoms with E-state index in [1.807, 2.05) is 24.3 Å². The van der Waals surface area contributed by atoms with Gasteiger partial charge in [0.2, 0.25) is 0 Å². The molecule has 0 radical (unpaired) electrons. The van der Waals surface area contributed by atoms with Crippen LogP contribution in [0.3, 0.4) is 0 Å². The van der Waals surface area contributed by atoms with E-state index in [1.165, 1.54) is 17.2 Å². The fourth-order valence-corrected chi connectivity index (χ4v) is 3.40. The predicted octanol–water partition coefficient (Wildman–Crippen LogP) is 6.94. The molecule has 0 atom stereocenters. The van der Waals surface area contributed by atoms with Gasteiger partial charge < -0.3 is 10.1 Å². The van der Waals surface area contributed by atoms with Crippen molar-refractivity contribution in [1.29, 1.82) is 0 Å². The van der Waals surface area contributed by atoms with Crippen LogP contribution in [-0.4, -0.2) is 0 Å². The van der Waals surface area contributed by atoms with Crippen molar-refractivity contribution in [3.63, 3.8) is 0 Å². The Balaban J connectivity index is 1.71. The summed E-state index contributed by atoms with van der Waals surface area (Å²) in [4.78, 5) is 0. The van der Waals surface area contributed by atoms with Crippen molar-refractivity contribution < 1.29 is 9.13 Å². The third kappa shape index (κ3) is 4.74. The molecule has 2 nitrogen and oxygen atoms in total. The van der Waals surface area contributed by atoms with Crippen LogP contribution in [0.15, 0.2) is 54.6 Å². The zero-order valence-corrected chi connectivity index (χ0v) is 16.7. The van der Waals surface area contributed by atoms with Crippen LogP contribution < -0.4 is 10.1 Å². The lowest BCUT2D eigenvalue weighted by atomic mass is 10.1. The van der Waals surface area contributed by atoms with E-state index in [0.29, 0.717) is 27.9 Å². The van der Waals surface area contributed by atoms with E-state index in [-0.39, 0.29) is 12.4 Å². The second kappa shape index (κ2) is 8.64. The Labute approximate surface area is 168 Å². The smallest absolute Gasteiger partial charge is 0.156 e. The highest BCUT2D eigenvalue weighted by Crippen LogP contribution is 2.35. The molecule has 140 valence electrons. The van der Waals surface area contributed by atoms with Crippen LogP contribution in [0.5, 0.6) is 5.75 Å². The molecule has 0 aliphatic heterocycles. The summed E-state index contributed by atoms with van der Waals surface area (Å²) in [5.74, 6) is 0.0381. The van der Waals surface area contributed by atoms with E-state index in [1.54, 1.807) is 18.2 Å². The van der Waals surface area contributed by atoms with Crippen molar-refractivity contribution >= 4 is 28.9 Å². The molecule has 0 spiro atoms. The van der Waals surface area contributed by atoms with Crippen LogP contribution in [0.25, 0.3) is 0 Å². The third-order valence-electron chi connectivity index (χ3n) is 4.48. The minimum Gasteiger partial charge on any atom is -0.486 e. The van der Waals surface area contributed by atoms with Crippen LogP contribution >= 0.6 is 23.2 Å². The lowest BCUT2D eigenvalue weighted by Crippen LogP contribution is -2.03. The van der Waals surface area contributed by atoms with Crippen molar-refractivity contribution in [2.45, 2.75) is 27.0 Å². The first kappa shape index (κ1) is 19.5.